The molecular weight excluding hydrogens is 396 g/mol. The first-order valence-electron chi connectivity index (χ1n) is 10.3. The number of aryl methyl sites for hydroxylation is 2. The fraction of sp³-hybridized carbons (Fsp3) is 0.0714. The van der Waals surface area contributed by atoms with E-state index in [1.165, 1.54) is 11.1 Å². The van der Waals surface area contributed by atoms with Crippen molar-refractivity contribution in [3.8, 4) is 0 Å². The average molecular weight is 421 g/mol. The van der Waals surface area contributed by atoms with E-state index in [1.807, 2.05) is 60.7 Å². The summed E-state index contributed by atoms with van der Waals surface area (Å²) in [6.07, 6.45) is 0. The van der Waals surface area contributed by atoms with Gasteiger partial charge in [-0.15, -0.1) is 0 Å². The highest BCUT2D eigenvalue weighted by Gasteiger charge is 2.21. The number of nitrogens with zero attached hydrogens (tertiary/aromatic N) is 2. The topological polar surface area (TPSA) is 15.6 Å². The van der Waals surface area contributed by atoms with Crippen LogP contribution >= 0.6 is 12.2 Å². The van der Waals surface area contributed by atoms with Crippen LogP contribution in [0.2, 0.25) is 0 Å². The zero-order valence-corrected chi connectivity index (χ0v) is 18.5. The van der Waals surface area contributed by atoms with E-state index in [4.69, 9.17) is 17.2 Å². The van der Waals surface area contributed by atoms with E-state index in [0.29, 0.717) is 4.99 Å². The molecule has 3 heteroatoms. The van der Waals surface area contributed by atoms with Gasteiger partial charge in [-0.1, -0.05) is 108 Å². The van der Waals surface area contributed by atoms with Crippen LogP contribution in [-0.4, -0.2) is 10.8 Å². The highest BCUT2D eigenvalue weighted by molar-refractivity contribution is 7.81. The molecule has 4 aromatic rings. The summed E-state index contributed by atoms with van der Waals surface area (Å²) in [5.74, 6) is 0.794. The molecule has 31 heavy (non-hydrogen) atoms. The van der Waals surface area contributed by atoms with Crippen LogP contribution in [0.15, 0.2) is 114 Å². The Balaban J connectivity index is 1.92. The maximum absolute atomic E-state index is 6.02. The number of hydrogen-bond acceptors (Lipinski definition) is 2. The van der Waals surface area contributed by atoms with Gasteiger partial charge in [0.1, 0.15) is 10.8 Å². The predicted molar refractivity (Wildman–Crippen MR) is 136 cm³/mol. The maximum atomic E-state index is 6.02. The van der Waals surface area contributed by atoms with Crippen LogP contribution < -0.4 is 4.90 Å². The highest BCUT2D eigenvalue weighted by Crippen LogP contribution is 2.25. The minimum atomic E-state index is 0.708. The van der Waals surface area contributed by atoms with Crippen molar-refractivity contribution in [2.75, 3.05) is 4.90 Å². The lowest BCUT2D eigenvalue weighted by Gasteiger charge is -2.27. The molecular formula is C28H24N2S. The number of thiocarbonyl (C=S) groups is 1. The Morgan fingerprint density at radius 3 is 1.65 bits per heavy atom. The zero-order chi connectivity index (χ0) is 21.6. The summed E-state index contributed by atoms with van der Waals surface area (Å²) in [5, 5.41) is 0. The van der Waals surface area contributed by atoms with Gasteiger partial charge in [0.25, 0.3) is 0 Å². The summed E-state index contributed by atoms with van der Waals surface area (Å²) in [6.45, 7) is 4.16. The van der Waals surface area contributed by atoms with Crippen LogP contribution in [0.5, 0.6) is 0 Å². The average Bonchev–Trinajstić information content (AvgIpc) is 2.82. The van der Waals surface area contributed by atoms with Gasteiger partial charge in [0.2, 0.25) is 0 Å². The molecule has 2 nitrogen and oxygen atoms in total. The molecule has 0 N–H and O–H groups in total. The van der Waals surface area contributed by atoms with E-state index < -0.39 is 0 Å². The van der Waals surface area contributed by atoms with Gasteiger partial charge in [-0.05, 0) is 38.1 Å². The van der Waals surface area contributed by atoms with Crippen molar-refractivity contribution in [2.24, 2.45) is 4.99 Å². The second-order valence-electron chi connectivity index (χ2n) is 7.48. The van der Waals surface area contributed by atoms with Gasteiger partial charge in [0.15, 0.2) is 0 Å². The van der Waals surface area contributed by atoms with Crippen LogP contribution in [0, 0.1) is 13.8 Å². The third-order valence-corrected chi connectivity index (χ3v) is 5.45. The molecule has 0 unspecified atom stereocenters. The van der Waals surface area contributed by atoms with E-state index >= 15 is 0 Å². The Bertz CT molecular complexity index is 1180. The molecule has 0 aromatic heterocycles. The molecule has 0 fully saturated rings. The summed E-state index contributed by atoms with van der Waals surface area (Å²) in [5.41, 5.74) is 6.25. The lowest BCUT2D eigenvalue weighted by Crippen LogP contribution is -2.37. The molecule has 4 aromatic carbocycles. The van der Waals surface area contributed by atoms with Crippen molar-refractivity contribution in [1.82, 2.24) is 0 Å². The number of rotatable bonds is 4. The summed E-state index contributed by atoms with van der Waals surface area (Å²) < 4.78 is 0. The zero-order valence-electron chi connectivity index (χ0n) is 17.7. The standard InChI is InChI=1S/C28H24N2S/c1-21-13-17-25(18-14-21)29-27(23-9-5-3-6-10-23)30(26-19-15-22(2)16-20-26)28(31)24-11-7-4-8-12-24/h3-20H,1-2H3. The maximum Gasteiger partial charge on any atom is 0.146 e. The van der Waals surface area contributed by atoms with Crippen molar-refractivity contribution in [3.63, 3.8) is 0 Å². The first-order chi connectivity index (χ1) is 15.1. The number of hydrogen-bond donors (Lipinski definition) is 0. The number of anilines is 1. The van der Waals surface area contributed by atoms with E-state index in [9.17, 15) is 0 Å². The molecule has 0 atom stereocenters. The predicted octanol–water partition coefficient (Wildman–Crippen LogP) is 7.26. The summed E-state index contributed by atoms with van der Waals surface area (Å²) in [4.78, 5) is 7.85. The van der Waals surface area contributed by atoms with Gasteiger partial charge in [-0.2, -0.15) is 0 Å². The smallest absolute Gasteiger partial charge is 0.146 e. The van der Waals surface area contributed by atoms with Gasteiger partial charge in [-0.3, -0.25) is 4.90 Å². The van der Waals surface area contributed by atoms with E-state index in [-0.39, 0.29) is 0 Å². The van der Waals surface area contributed by atoms with Gasteiger partial charge in [0.05, 0.1) is 5.69 Å². The van der Waals surface area contributed by atoms with Crippen molar-refractivity contribution >= 4 is 34.4 Å². The van der Waals surface area contributed by atoms with Gasteiger partial charge in [-0.25, -0.2) is 4.99 Å². The first kappa shape index (κ1) is 20.7. The third kappa shape index (κ3) is 4.96. The van der Waals surface area contributed by atoms with E-state index in [1.54, 1.807) is 0 Å². The van der Waals surface area contributed by atoms with Crippen molar-refractivity contribution in [3.05, 3.63) is 131 Å². The van der Waals surface area contributed by atoms with Crippen molar-refractivity contribution in [2.45, 2.75) is 13.8 Å². The highest BCUT2D eigenvalue weighted by atomic mass is 32.1. The normalized spacial score (nSPS) is 11.2. The van der Waals surface area contributed by atoms with Crippen molar-refractivity contribution in [1.29, 1.82) is 0 Å². The van der Waals surface area contributed by atoms with Gasteiger partial charge < -0.3 is 0 Å². The lowest BCUT2D eigenvalue weighted by molar-refractivity contribution is 1.35. The Morgan fingerprint density at radius 2 is 1.10 bits per heavy atom. The fourth-order valence-electron chi connectivity index (χ4n) is 3.31. The largest absolute Gasteiger partial charge is 0.284 e. The Morgan fingerprint density at radius 1 is 0.613 bits per heavy atom. The van der Waals surface area contributed by atoms with Crippen molar-refractivity contribution < 1.29 is 0 Å². The van der Waals surface area contributed by atoms with Crippen LogP contribution in [0.1, 0.15) is 22.3 Å². The summed E-state index contributed by atoms with van der Waals surface area (Å²) in [7, 11) is 0. The Hall–Kier alpha value is -3.56. The monoisotopic (exact) mass is 420 g/mol. The third-order valence-electron chi connectivity index (χ3n) is 5.03. The number of aliphatic imine (C=N–C) groups is 1. The quantitative estimate of drug-likeness (QED) is 0.196. The molecule has 0 heterocycles. The molecule has 0 aliphatic heterocycles. The number of benzene rings is 4. The molecule has 152 valence electrons. The second kappa shape index (κ2) is 9.50. The molecule has 4 rings (SSSR count). The van der Waals surface area contributed by atoms with E-state index in [0.717, 1.165) is 28.3 Å². The molecule has 0 radical (unpaired) electrons. The molecule has 0 saturated heterocycles. The number of amidine groups is 1. The molecule has 0 saturated carbocycles. The van der Waals surface area contributed by atoms with Gasteiger partial charge >= 0.3 is 0 Å². The van der Waals surface area contributed by atoms with E-state index in [2.05, 4.69) is 67.3 Å². The first-order valence-corrected chi connectivity index (χ1v) is 10.7. The lowest BCUT2D eigenvalue weighted by atomic mass is 10.1. The Kier molecular flexibility index (Phi) is 6.34. The fourth-order valence-corrected chi connectivity index (χ4v) is 3.64. The summed E-state index contributed by atoms with van der Waals surface area (Å²) in [6, 6.07) is 36.9. The molecule has 0 aliphatic carbocycles. The van der Waals surface area contributed by atoms with Crippen LogP contribution in [0.25, 0.3) is 0 Å². The molecule has 0 bridgehead atoms. The molecule has 0 spiro atoms. The van der Waals surface area contributed by atoms with Gasteiger partial charge in [0, 0.05) is 16.8 Å². The van der Waals surface area contributed by atoms with Crippen LogP contribution in [-0.2, 0) is 0 Å². The SMILES string of the molecule is Cc1ccc(N=C(c2ccccc2)N(C(=S)c2ccccc2)c2ccc(C)cc2)cc1. The minimum absolute atomic E-state index is 0.708. The molecule has 0 amide bonds. The second-order valence-corrected chi connectivity index (χ2v) is 7.87. The van der Waals surface area contributed by atoms with Crippen LogP contribution in [0.4, 0.5) is 11.4 Å². The Labute approximate surface area is 189 Å². The minimum Gasteiger partial charge on any atom is -0.284 e. The molecule has 0 aliphatic rings. The summed E-state index contributed by atoms with van der Waals surface area (Å²) >= 11 is 6.02. The van der Waals surface area contributed by atoms with Crippen LogP contribution in [0.3, 0.4) is 0 Å².